The van der Waals surface area contributed by atoms with Crippen LogP contribution in [0.4, 0.5) is 5.69 Å². The van der Waals surface area contributed by atoms with Crippen LogP contribution in [0.3, 0.4) is 0 Å². The third-order valence-corrected chi connectivity index (χ3v) is 7.18. The van der Waals surface area contributed by atoms with Gasteiger partial charge >= 0.3 is 5.97 Å². The van der Waals surface area contributed by atoms with Crippen LogP contribution in [-0.2, 0) is 19.6 Å². The number of ether oxygens (including phenoxy) is 1. The van der Waals surface area contributed by atoms with Crippen LogP contribution in [0.25, 0.3) is 0 Å². The number of rotatable bonds is 7. The van der Waals surface area contributed by atoms with Crippen molar-refractivity contribution in [3.8, 4) is 0 Å². The molecule has 0 radical (unpaired) electrons. The van der Waals surface area contributed by atoms with E-state index in [1.54, 1.807) is 12.1 Å². The number of Topliss-reactive ketones (excluding diaryl/α,β-unsaturated/α-hetero) is 1. The van der Waals surface area contributed by atoms with Gasteiger partial charge in [-0.25, -0.2) is 8.42 Å². The van der Waals surface area contributed by atoms with Gasteiger partial charge in [0.1, 0.15) is 0 Å². The maximum absolute atomic E-state index is 12.8. The van der Waals surface area contributed by atoms with Crippen LogP contribution in [0.2, 0.25) is 5.02 Å². The van der Waals surface area contributed by atoms with Crippen LogP contribution in [-0.4, -0.2) is 49.1 Å². The molecular formula is C20H19ClN2O7S. The Bertz CT molecular complexity index is 1090. The summed E-state index contributed by atoms with van der Waals surface area (Å²) in [5, 5.41) is 11.6. The van der Waals surface area contributed by atoms with E-state index in [0.29, 0.717) is 10.6 Å². The topological polar surface area (TPSA) is 124 Å². The van der Waals surface area contributed by atoms with Crippen molar-refractivity contribution < 1.29 is 27.7 Å². The number of piperidine rings is 1. The Morgan fingerprint density at radius 1 is 1.10 bits per heavy atom. The zero-order valence-corrected chi connectivity index (χ0v) is 17.8. The molecule has 3 rings (SSSR count). The van der Waals surface area contributed by atoms with E-state index in [0.717, 1.165) is 10.4 Å². The minimum Gasteiger partial charge on any atom is -0.457 e. The SMILES string of the molecule is O=C(COC(=O)C1CCN(S(=O)(=O)c2ccccc2[N+](=O)[O-])CC1)c1ccc(Cl)cc1. The molecule has 1 fully saturated rings. The average molecular weight is 467 g/mol. The Morgan fingerprint density at radius 3 is 2.32 bits per heavy atom. The van der Waals surface area contributed by atoms with Gasteiger partial charge in [0.05, 0.1) is 10.8 Å². The predicted molar refractivity (Wildman–Crippen MR) is 111 cm³/mol. The molecule has 0 bridgehead atoms. The number of carbonyl (C=O) groups is 2. The highest BCUT2D eigenvalue weighted by Gasteiger charge is 2.36. The van der Waals surface area contributed by atoms with Crippen LogP contribution < -0.4 is 0 Å². The molecule has 2 aromatic rings. The maximum Gasteiger partial charge on any atom is 0.309 e. The molecule has 0 saturated carbocycles. The Kier molecular flexibility index (Phi) is 7.04. The van der Waals surface area contributed by atoms with E-state index in [2.05, 4.69) is 0 Å². The Hall–Kier alpha value is -2.82. The Morgan fingerprint density at radius 2 is 1.71 bits per heavy atom. The molecule has 31 heavy (non-hydrogen) atoms. The van der Waals surface area contributed by atoms with Crippen molar-refractivity contribution in [2.45, 2.75) is 17.7 Å². The molecule has 0 unspecified atom stereocenters. The van der Waals surface area contributed by atoms with E-state index in [9.17, 15) is 28.1 Å². The van der Waals surface area contributed by atoms with Gasteiger partial charge in [0, 0.05) is 29.7 Å². The lowest BCUT2D eigenvalue weighted by atomic mass is 9.98. The quantitative estimate of drug-likeness (QED) is 0.266. The molecule has 1 aliphatic heterocycles. The number of carbonyl (C=O) groups excluding carboxylic acids is 2. The molecule has 1 saturated heterocycles. The first-order chi connectivity index (χ1) is 14.7. The van der Waals surface area contributed by atoms with Gasteiger partial charge in [-0.3, -0.25) is 19.7 Å². The molecule has 0 N–H and O–H groups in total. The number of sulfonamides is 1. The van der Waals surface area contributed by atoms with Gasteiger partial charge in [-0.1, -0.05) is 23.7 Å². The summed E-state index contributed by atoms with van der Waals surface area (Å²) in [5.74, 6) is -1.51. The molecule has 0 amide bonds. The number of esters is 1. The number of ketones is 1. The van der Waals surface area contributed by atoms with Crippen LogP contribution in [0.5, 0.6) is 0 Å². The molecule has 0 spiro atoms. The highest BCUT2D eigenvalue weighted by molar-refractivity contribution is 7.89. The fourth-order valence-electron chi connectivity index (χ4n) is 3.27. The second kappa shape index (κ2) is 9.54. The maximum atomic E-state index is 12.8. The van der Waals surface area contributed by atoms with Crippen molar-refractivity contribution in [1.82, 2.24) is 4.31 Å². The molecule has 164 valence electrons. The first-order valence-corrected chi connectivity index (χ1v) is 11.2. The smallest absolute Gasteiger partial charge is 0.309 e. The van der Waals surface area contributed by atoms with Crippen molar-refractivity contribution in [2.75, 3.05) is 19.7 Å². The molecular weight excluding hydrogens is 448 g/mol. The third-order valence-electron chi connectivity index (χ3n) is 4.98. The molecule has 1 aliphatic rings. The average Bonchev–Trinajstić information content (AvgIpc) is 2.77. The van der Waals surface area contributed by atoms with Gasteiger partial charge in [0.15, 0.2) is 17.3 Å². The number of hydrogen-bond donors (Lipinski definition) is 0. The minimum absolute atomic E-state index is 0.0132. The third kappa shape index (κ3) is 5.27. The van der Waals surface area contributed by atoms with E-state index in [1.165, 1.54) is 30.3 Å². The van der Waals surface area contributed by atoms with Gasteiger partial charge in [-0.05, 0) is 43.2 Å². The summed E-state index contributed by atoms with van der Waals surface area (Å²) in [4.78, 5) is 34.5. The van der Waals surface area contributed by atoms with E-state index < -0.39 is 39.1 Å². The van der Waals surface area contributed by atoms with Gasteiger partial charge in [-0.15, -0.1) is 0 Å². The van der Waals surface area contributed by atoms with Gasteiger partial charge in [0.2, 0.25) is 10.0 Å². The van der Waals surface area contributed by atoms with Crippen molar-refractivity contribution in [3.05, 3.63) is 69.2 Å². The normalized spacial score (nSPS) is 15.4. The molecule has 0 aromatic heterocycles. The standard InChI is InChI=1S/C20H19ClN2O7S/c21-16-7-5-14(6-8-16)18(24)13-30-20(25)15-9-11-22(12-10-15)31(28,29)19-4-2-1-3-17(19)23(26)27/h1-8,15H,9-13H2. The molecule has 0 atom stereocenters. The fourth-order valence-corrected chi connectivity index (χ4v) is 5.02. The number of para-hydroxylation sites is 1. The Balaban J connectivity index is 1.57. The highest BCUT2D eigenvalue weighted by atomic mass is 35.5. The number of hydrogen-bond acceptors (Lipinski definition) is 7. The summed E-state index contributed by atoms with van der Waals surface area (Å²) in [6.07, 6.45) is 0.377. The van der Waals surface area contributed by atoms with Crippen LogP contribution in [0, 0.1) is 16.0 Å². The summed E-state index contributed by atoms with van der Waals surface area (Å²) in [5.41, 5.74) is -0.132. The predicted octanol–water partition coefficient (Wildman–Crippen LogP) is 3.08. The number of nitro groups is 1. The summed E-state index contributed by atoms with van der Waals surface area (Å²) < 4.78 is 31.9. The summed E-state index contributed by atoms with van der Waals surface area (Å²) in [7, 11) is -4.08. The molecule has 1 heterocycles. The second-order valence-electron chi connectivity index (χ2n) is 6.94. The first-order valence-electron chi connectivity index (χ1n) is 9.39. The largest absolute Gasteiger partial charge is 0.457 e. The van der Waals surface area contributed by atoms with Crippen molar-refractivity contribution in [1.29, 1.82) is 0 Å². The zero-order chi connectivity index (χ0) is 22.6. The van der Waals surface area contributed by atoms with Crippen LogP contribution in [0.15, 0.2) is 53.4 Å². The minimum atomic E-state index is -4.08. The van der Waals surface area contributed by atoms with Gasteiger partial charge in [0.25, 0.3) is 5.69 Å². The second-order valence-corrected chi connectivity index (χ2v) is 9.28. The van der Waals surface area contributed by atoms with Crippen LogP contribution in [0.1, 0.15) is 23.2 Å². The number of nitro benzene ring substituents is 1. The zero-order valence-electron chi connectivity index (χ0n) is 16.3. The number of nitrogens with zero attached hydrogens (tertiary/aromatic N) is 2. The monoisotopic (exact) mass is 466 g/mol. The van der Waals surface area contributed by atoms with Crippen molar-refractivity contribution in [3.63, 3.8) is 0 Å². The molecule has 11 heteroatoms. The highest BCUT2D eigenvalue weighted by Crippen LogP contribution is 2.29. The lowest BCUT2D eigenvalue weighted by Crippen LogP contribution is -2.41. The Labute approximate surface area is 183 Å². The summed E-state index contributed by atoms with van der Waals surface area (Å²) >= 11 is 5.78. The number of benzene rings is 2. The van der Waals surface area contributed by atoms with Crippen molar-refractivity contribution in [2.24, 2.45) is 5.92 Å². The lowest BCUT2D eigenvalue weighted by Gasteiger charge is -2.29. The van der Waals surface area contributed by atoms with Gasteiger partial charge in [-0.2, -0.15) is 4.31 Å². The van der Waals surface area contributed by atoms with E-state index >= 15 is 0 Å². The van der Waals surface area contributed by atoms with Crippen molar-refractivity contribution >= 4 is 39.1 Å². The molecule has 2 aromatic carbocycles. The first kappa shape index (κ1) is 22.9. The fraction of sp³-hybridized carbons (Fsp3) is 0.300. The summed E-state index contributed by atoms with van der Waals surface area (Å²) in [6.45, 7) is -0.395. The van der Waals surface area contributed by atoms with E-state index in [-0.39, 0.29) is 36.6 Å². The van der Waals surface area contributed by atoms with E-state index in [4.69, 9.17) is 16.3 Å². The van der Waals surface area contributed by atoms with E-state index in [1.807, 2.05) is 0 Å². The van der Waals surface area contributed by atoms with Crippen LogP contribution >= 0.6 is 11.6 Å². The summed E-state index contributed by atoms with van der Waals surface area (Å²) in [6, 6.07) is 11.3. The molecule has 9 nitrogen and oxygen atoms in total. The van der Waals surface area contributed by atoms with Gasteiger partial charge < -0.3 is 4.74 Å². The number of halogens is 1. The molecule has 0 aliphatic carbocycles. The lowest BCUT2D eigenvalue weighted by molar-refractivity contribution is -0.387.